The number of hydrogen-bond acceptors (Lipinski definition) is 8. The number of unbranched alkanes of at least 4 members (excludes halogenated alkanes) is 1. The molecule has 4 rings (SSSR count). The summed E-state index contributed by atoms with van der Waals surface area (Å²) in [7, 11) is -2.08. The predicted molar refractivity (Wildman–Crippen MR) is 130 cm³/mol. The summed E-state index contributed by atoms with van der Waals surface area (Å²) in [6.07, 6.45) is 1.67. The summed E-state index contributed by atoms with van der Waals surface area (Å²) in [5.41, 5.74) is 0.786. The molecule has 35 heavy (non-hydrogen) atoms. The minimum Gasteiger partial charge on any atom is -0.493 e. The Balaban J connectivity index is 1.47. The van der Waals surface area contributed by atoms with Crippen LogP contribution in [0.5, 0.6) is 5.75 Å². The molecule has 4 aromatic rings. The number of furan rings is 1. The van der Waals surface area contributed by atoms with E-state index in [0.29, 0.717) is 30.2 Å². The molecule has 0 radical (unpaired) electrons. The number of carbonyl (C=O) groups excluding carboxylic acids is 1. The van der Waals surface area contributed by atoms with E-state index in [9.17, 15) is 13.2 Å². The number of methoxy groups -OCH3 is 1. The molecule has 0 bridgehead atoms. The van der Waals surface area contributed by atoms with Crippen molar-refractivity contribution in [2.75, 3.05) is 25.5 Å². The fourth-order valence-corrected chi connectivity index (χ4v) is 5.04. The molecule has 0 aliphatic rings. The van der Waals surface area contributed by atoms with E-state index in [-0.39, 0.29) is 22.4 Å². The van der Waals surface area contributed by atoms with Crippen molar-refractivity contribution in [1.29, 1.82) is 0 Å². The normalized spacial score (nSPS) is 11.8. The van der Waals surface area contributed by atoms with E-state index in [2.05, 4.69) is 15.5 Å². The van der Waals surface area contributed by atoms with E-state index in [4.69, 9.17) is 13.6 Å². The molecule has 11 heteroatoms. The zero-order chi connectivity index (χ0) is 25.0. The molecular weight excluding hydrogens is 472 g/mol. The molecule has 1 N–H and O–H groups in total. The van der Waals surface area contributed by atoms with Gasteiger partial charge in [-0.1, -0.05) is 37.5 Å². The molecule has 0 saturated heterocycles. The molecule has 10 nitrogen and oxygen atoms in total. The van der Waals surface area contributed by atoms with Crippen molar-refractivity contribution in [3.05, 3.63) is 54.1 Å². The second-order valence-electron chi connectivity index (χ2n) is 7.73. The number of fused-ring (bicyclic) bond motifs is 1. The number of anilines is 1. The Kier molecular flexibility index (Phi) is 7.17. The number of benzene rings is 2. The van der Waals surface area contributed by atoms with Crippen molar-refractivity contribution >= 4 is 32.9 Å². The first kappa shape index (κ1) is 24.4. The number of carbonyl (C=O) groups is 1. The van der Waals surface area contributed by atoms with Crippen molar-refractivity contribution in [1.82, 2.24) is 14.5 Å². The monoisotopic (exact) mass is 498 g/mol. The lowest BCUT2D eigenvalue weighted by molar-refractivity contribution is 0.102. The van der Waals surface area contributed by atoms with Crippen LogP contribution in [-0.4, -0.2) is 49.0 Å². The Morgan fingerprint density at radius 2 is 1.86 bits per heavy atom. The molecule has 0 saturated carbocycles. The average molecular weight is 499 g/mol. The summed E-state index contributed by atoms with van der Waals surface area (Å²) in [4.78, 5) is 12.8. The molecule has 1 amide bonds. The van der Waals surface area contributed by atoms with Gasteiger partial charge in [-0.15, -0.1) is 5.10 Å². The van der Waals surface area contributed by atoms with E-state index >= 15 is 0 Å². The van der Waals surface area contributed by atoms with Crippen LogP contribution in [0.1, 0.15) is 37.0 Å². The minimum atomic E-state index is -3.63. The summed E-state index contributed by atoms with van der Waals surface area (Å²) >= 11 is 0. The number of amides is 1. The van der Waals surface area contributed by atoms with Gasteiger partial charge in [0.2, 0.25) is 10.0 Å². The maximum Gasteiger partial charge on any atom is 0.322 e. The first-order valence-electron chi connectivity index (χ1n) is 11.2. The molecular formula is C24H26N4O6S. The number of rotatable bonds is 10. The largest absolute Gasteiger partial charge is 0.493 e. The SMILES string of the molecule is CCCCN(CC)S(=O)(=O)c1ccc(C(=O)Nc2nnc(-c3cc4cccc(OC)c4o3)o2)cc1. The summed E-state index contributed by atoms with van der Waals surface area (Å²) in [6, 6.07) is 12.8. The van der Waals surface area contributed by atoms with E-state index in [1.54, 1.807) is 26.2 Å². The van der Waals surface area contributed by atoms with E-state index < -0.39 is 15.9 Å². The summed E-state index contributed by atoms with van der Waals surface area (Å²) in [5, 5.41) is 11.1. The van der Waals surface area contributed by atoms with Gasteiger partial charge in [-0.2, -0.15) is 4.31 Å². The minimum absolute atomic E-state index is 0.0896. The first-order valence-corrected chi connectivity index (χ1v) is 12.6. The Bertz CT molecular complexity index is 1430. The topological polar surface area (TPSA) is 128 Å². The first-order chi connectivity index (χ1) is 16.9. The van der Waals surface area contributed by atoms with Crippen LogP contribution in [0.3, 0.4) is 0 Å². The molecule has 2 aromatic heterocycles. The molecule has 0 spiro atoms. The van der Waals surface area contributed by atoms with Crippen LogP contribution in [0.15, 0.2) is 62.3 Å². The van der Waals surface area contributed by atoms with Gasteiger partial charge in [0, 0.05) is 24.0 Å². The maximum atomic E-state index is 12.9. The third-order valence-corrected chi connectivity index (χ3v) is 7.44. The number of sulfonamides is 1. The third-order valence-electron chi connectivity index (χ3n) is 5.45. The van der Waals surface area contributed by atoms with Crippen LogP contribution in [-0.2, 0) is 10.0 Å². The smallest absolute Gasteiger partial charge is 0.322 e. The van der Waals surface area contributed by atoms with Gasteiger partial charge in [-0.25, -0.2) is 8.42 Å². The molecule has 2 aromatic carbocycles. The number of nitrogens with zero attached hydrogens (tertiary/aromatic N) is 3. The summed E-state index contributed by atoms with van der Waals surface area (Å²) in [6.45, 7) is 4.64. The van der Waals surface area contributed by atoms with E-state index in [1.165, 1.54) is 28.6 Å². The molecule has 184 valence electrons. The number of aromatic nitrogens is 2. The van der Waals surface area contributed by atoms with Gasteiger partial charge in [-0.05, 0) is 42.8 Å². The zero-order valence-corrected chi connectivity index (χ0v) is 20.5. The molecule has 0 atom stereocenters. The summed E-state index contributed by atoms with van der Waals surface area (Å²) < 4.78 is 43.8. The van der Waals surface area contributed by atoms with Crippen LogP contribution in [0.2, 0.25) is 0 Å². The van der Waals surface area contributed by atoms with Crippen molar-refractivity contribution in [2.45, 2.75) is 31.6 Å². The Hall–Kier alpha value is -3.70. The van der Waals surface area contributed by atoms with Gasteiger partial charge in [-0.3, -0.25) is 10.1 Å². The van der Waals surface area contributed by atoms with Crippen LogP contribution >= 0.6 is 0 Å². The lowest BCUT2D eigenvalue weighted by atomic mass is 10.2. The highest BCUT2D eigenvalue weighted by Gasteiger charge is 2.23. The fraction of sp³-hybridized carbons (Fsp3) is 0.292. The number of hydrogen-bond donors (Lipinski definition) is 1. The third kappa shape index (κ3) is 5.05. The Labute approximate surface area is 202 Å². The van der Waals surface area contributed by atoms with Crippen LogP contribution in [0, 0.1) is 0 Å². The van der Waals surface area contributed by atoms with Gasteiger partial charge >= 0.3 is 6.01 Å². The lowest BCUT2D eigenvalue weighted by Gasteiger charge is -2.20. The van der Waals surface area contributed by atoms with Crippen molar-refractivity contribution < 1.29 is 26.8 Å². The second kappa shape index (κ2) is 10.3. The Morgan fingerprint density at radius 1 is 1.09 bits per heavy atom. The van der Waals surface area contributed by atoms with E-state index in [1.807, 2.05) is 19.1 Å². The molecule has 0 fully saturated rings. The summed E-state index contributed by atoms with van der Waals surface area (Å²) in [5.74, 6) is 0.468. The van der Waals surface area contributed by atoms with Gasteiger partial charge in [0.25, 0.3) is 11.8 Å². The van der Waals surface area contributed by atoms with E-state index in [0.717, 1.165) is 18.2 Å². The Morgan fingerprint density at radius 3 is 2.54 bits per heavy atom. The van der Waals surface area contributed by atoms with Gasteiger partial charge < -0.3 is 13.6 Å². The molecule has 2 heterocycles. The molecule has 0 aliphatic heterocycles. The zero-order valence-electron chi connectivity index (χ0n) is 19.6. The lowest BCUT2D eigenvalue weighted by Crippen LogP contribution is -2.31. The van der Waals surface area contributed by atoms with Crippen molar-refractivity contribution in [3.8, 4) is 17.4 Å². The fourth-order valence-electron chi connectivity index (χ4n) is 3.56. The van der Waals surface area contributed by atoms with Gasteiger partial charge in [0.05, 0.1) is 12.0 Å². The molecule has 0 unspecified atom stereocenters. The highest BCUT2D eigenvalue weighted by molar-refractivity contribution is 7.89. The predicted octanol–water partition coefficient (Wildman–Crippen LogP) is 4.55. The van der Waals surface area contributed by atoms with Crippen molar-refractivity contribution in [3.63, 3.8) is 0 Å². The quantitative estimate of drug-likeness (QED) is 0.337. The van der Waals surface area contributed by atoms with Crippen LogP contribution < -0.4 is 10.1 Å². The number of nitrogens with one attached hydrogen (secondary N) is 1. The highest BCUT2D eigenvalue weighted by atomic mass is 32.2. The maximum absolute atomic E-state index is 12.9. The second-order valence-corrected chi connectivity index (χ2v) is 9.67. The van der Waals surface area contributed by atoms with Crippen molar-refractivity contribution in [2.24, 2.45) is 0 Å². The average Bonchev–Trinajstić information content (AvgIpc) is 3.51. The van der Waals surface area contributed by atoms with Gasteiger partial charge in [0.15, 0.2) is 17.1 Å². The van der Waals surface area contributed by atoms with Crippen LogP contribution in [0.4, 0.5) is 6.01 Å². The standard InChI is InChI=1S/C24H26N4O6S/c1-4-6-14-28(5-2)35(30,31)18-12-10-16(11-13-18)22(29)25-24-27-26-23(34-24)20-15-17-8-7-9-19(32-3)21(17)33-20/h7-13,15H,4-6,14H2,1-3H3,(H,25,27,29). The van der Waals surface area contributed by atoms with Crippen LogP contribution in [0.25, 0.3) is 22.6 Å². The number of ether oxygens (including phenoxy) is 1. The molecule has 0 aliphatic carbocycles. The number of para-hydroxylation sites is 1. The highest BCUT2D eigenvalue weighted by Crippen LogP contribution is 2.33. The van der Waals surface area contributed by atoms with Gasteiger partial charge in [0.1, 0.15) is 0 Å².